The minimum atomic E-state index is -3.78. The summed E-state index contributed by atoms with van der Waals surface area (Å²) in [5, 5.41) is 3.20. The zero-order valence-corrected chi connectivity index (χ0v) is 18.4. The van der Waals surface area contributed by atoms with E-state index in [0.717, 1.165) is 5.56 Å². The van der Waals surface area contributed by atoms with E-state index in [9.17, 15) is 13.2 Å². The first-order valence-corrected chi connectivity index (χ1v) is 11.0. The van der Waals surface area contributed by atoms with Crippen molar-refractivity contribution in [3.63, 3.8) is 0 Å². The number of carbonyl (C=O) groups is 1. The third-order valence-electron chi connectivity index (χ3n) is 4.21. The van der Waals surface area contributed by atoms with Crippen LogP contribution in [0.2, 0.25) is 10.0 Å². The van der Waals surface area contributed by atoms with Gasteiger partial charge in [-0.1, -0.05) is 40.9 Å². The van der Waals surface area contributed by atoms with Crippen LogP contribution in [0.15, 0.2) is 65.6 Å². The number of halogens is 2. The SMILES string of the molecule is COc1ccc(Cl)cc1NC(=O)c1ccc(NS(=O)(=O)c2ccc(C)cc2)cc1Cl. The molecule has 6 nitrogen and oxygen atoms in total. The van der Waals surface area contributed by atoms with Crippen molar-refractivity contribution in [1.29, 1.82) is 0 Å². The molecule has 3 rings (SSSR count). The normalized spacial score (nSPS) is 11.1. The Kier molecular flexibility index (Phi) is 6.55. The highest BCUT2D eigenvalue weighted by molar-refractivity contribution is 7.92. The number of hydrogen-bond acceptors (Lipinski definition) is 4. The number of sulfonamides is 1. The molecule has 0 aliphatic rings. The fourth-order valence-electron chi connectivity index (χ4n) is 2.66. The largest absolute Gasteiger partial charge is 0.495 e. The number of aryl methyl sites for hydroxylation is 1. The first-order chi connectivity index (χ1) is 14.2. The molecule has 0 atom stereocenters. The second-order valence-electron chi connectivity index (χ2n) is 6.41. The molecular weight excluding hydrogens is 447 g/mol. The average Bonchev–Trinajstić information content (AvgIpc) is 2.68. The van der Waals surface area contributed by atoms with E-state index in [1.54, 1.807) is 30.3 Å². The Morgan fingerprint density at radius 1 is 0.967 bits per heavy atom. The summed E-state index contributed by atoms with van der Waals surface area (Å²) >= 11 is 12.2. The summed E-state index contributed by atoms with van der Waals surface area (Å²) in [6.45, 7) is 1.87. The third-order valence-corrected chi connectivity index (χ3v) is 6.15. The maximum Gasteiger partial charge on any atom is 0.261 e. The second kappa shape index (κ2) is 8.95. The van der Waals surface area contributed by atoms with Gasteiger partial charge >= 0.3 is 0 Å². The van der Waals surface area contributed by atoms with Crippen LogP contribution < -0.4 is 14.8 Å². The molecule has 30 heavy (non-hydrogen) atoms. The van der Waals surface area contributed by atoms with E-state index in [0.29, 0.717) is 16.5 Å². The van der Waals surface area contributed by atoms with Gasteiger partial charge in [-0.05, 0) is 55.5 Å². The van der Waals surface area contributed by atoms with Crippen molar-refractivity contribution in [2.24, 2.45) is 0 Å². The monoisotopic (exact) mass is 464 g/mol. The zero-order chi connectivity index (χ0) is 21.9. The lowest BCUT2D eigenvalue weighted by molar-refractivity contribution is 0.102. The van der Waals surface area contributed by atoms with Gasteiger partial charge in [0, 0.05) is 5.02 Å². The third kappa shape index (κ3) is 5.05. The van der Waals surface area contributed by atoms with Gasteiger partial charge in [-0.25, -0.2) is 8.42 Å². The Morgan fingerprint density at radius 3 is 2.30 bits per heavy atom. The molecule has 0 fully saturated rings. The first kappa shape index (κ1) is 22.0. The Hall–Kier alpha value is -2.74. The molecule has 9 heteroatoms. The molecule has 1 amide bonds. The molecule has 0 saturated carbocycles. The van der Waals surface area contributed by atoms with Gasteiger partial charge in [0.05, 0.1) is 34.0 Å². The molecule has 0 spiro atoms. The highest BCUT2D eigenvalue weighted by Crippen LogP contribution is 2.29. The molecule has 0 aromatic heterocycles. The van der Waals surface area contributed by atoms with Gasteiger partial charge in [-0.2, -0.15) is 0 Å². The zero-order valence-electron chi connectivity index (χ0n) is 16.1. The Bertz CT molecular complexity index is 1200. The van der Waals surface area contributed by atoms with Crippen LogP contribution in [0.25, 0.3) is 0 Å². The van der Waals surface area contributed by atoms with Crippen LogP contribution >= 0.6 is 23.2 Å². The summed E-state index contributed by atoms with van der Waals surface area (Å²) in [7, 11) is -2.31. The minimum Gasteiger partial charge on any atom is -0.495 e. The van der Waals surface area contributed by atoms with Gasteiger partial charge in [-0.15, -0.1) is 0 Å². The lowest BCUT2D eigenvalue weighted by Gasteiger charge is -2.13. The number of methoxy groups -OCH3 is 1. The van der Waals surface area contributed by atoms with E-state index >= 15 is 0 Å². The van der Waals surface area contributed by atoms with E-state index in [-0.39, 0.29) is 21.2 Å². The summed E-state index contributed by atoms with van der Waals surface area (Å²) in [5.41, 5.74) is 1.73. The molecule has 0 aliphatic heterocycles. The van der Waals surface area contributed by atoms with Gasteiger partial charge in [0.15, 0.2) is 0 Å². The molecule has 2 N–H and O–H groups in total. The average molecular weight is 465 g/mol. The number of rotatable bonds is 6. The van der Waals surface area contributed by atoms with Crippen molar-refractivity contribution in [2.45, 2.75) is 11.8 Å². The van der Waals surface area contributed by atoms with E-state index in [4.69, 9.17) is 27.9 Å². The Labute approximate surface area is 184 Å². The van der Waals surface area contributed by atoms with Crippen LogP contribution in [0, 0.1) is 6.92 Å². The maximum absolute atomic E-state index is 12.6. The van der Waals surface area contributed by atoms with Crippen molar-refractivity contribution in [3.8, 4) is 5.75 Å². The van der Waals surface area contributed by atoms with Gasteiger partial charge in [0.2, 0.25) is 0 Å². The smallest absolute Gasteiger partial charge is 0.261 e. The molecule has 0 aliphatic carbocycles. The molecule has 3 aromatic rings. The second-order valence-corrected chi connectivity index (χ2v) is 8.94. The molecular formula is C21H18Cl2N2O4S. The standard InChI is InChI=1S/C21H18Cl2N2O4S/c1-13-3-7-16(8-4-13)30(27,28)25-15-6-9-17(18(23)12-15)21(26)24-19-11-14(22)5-10-20(19)29-2/h3-12,25H,1-2H3,(H,24,26). The summed E-state index contributed by atoms with van der Waals surface area (Å²) < 4.78 is 32.7. The molecule has 0 unspecified atom stereocenters. The van der Waals surface area contributed by atoms with Crippen LogP contribution in [-0.2, 0) is 10.0 Å². The predicted octanol–water partition coefficient (Wildman–Crippen LogP) is 5.36. The Morgan fingerprint density at radius 2 is 1.67 bits per heavy atom. The van der Waals surface area contributed by atoms with Crippen molar-refractivity contribution >= 4 is 50.5 Å². The summed E-state index contributed by atoms with van der Waals surface area (Å²) in [4.78, 5) is 12.8. The van der Waals surface area contributed by atoms with E-state index in [2.05, 4.69) is 10.0 Å². The fourth-order valence-corrected chi connectivity index (χ4v) is 4.15. The Balaban J connectivity index is 1.80. The maximum atomic E-state index is 12.6. The fraction of sp³-hybridized carbons (Fsp3) is 0.0952. The number of ether oxygens (including phenoxy) is 1. The van der Waals surface area contributed by atoms with E-state index < -0.39 is 15.9 Å². The molecule has 156 valence electrons. The highest BCUT2D eigenvalue weighted by atomic mass is 35.5. The van der Waals surface area contributed by atoms with Crippen LogP contribution in [0.1, 0.15) is 15.9 Å². The number of benzene rings is 3. The molecule has 0 heterocycles. The van der Waals surface area contributed by atoms with Gasteiger partial charge in [-0.3, -0.25) is 9.52 Å². The minimum absolute atomic E-state index is 0.0811. The van der Waals surface area contributed by atoms with E-state index in [1.807, 2.05) is 6.92 Å². The quantitative estimate of drug-likeness (QED) is 0.513. The van der Waals surface area contributed by atoms with Crippen LogP contribution in [-0.4, -0.2) is 21.4 Å². The lowest BCUT2D eigenvalue weighted by atomic mass is 10.2. The summed E-state index contributed by atoms with van der Waals surface area (Å²) in [5.74, 6) is -0.0557. The number of nitrogens with one attached hydrogen (secondary N) is 2. The first-order valence-electron chi connectivity index (χ1n) is 8.73. The van der Waals surface area contributed by atoms with Crippen LogP contribution in [0.4, 0.5) is 11.4 Å². The van der Waals surface area contributed by atoms with Crippen molar-refractivity contribution < 1.29 is 17.9 Å². The lowest BCUT2D eigenvalue weighted by Crippen LogP contribution is -2.15. The van der Waals surface area contributed by atoms with Crippen LogP contribution in [0.5, 0.6) is 5.75 Å². The van der Waals surface area contributed by atoms with Crippen molar-refractivity contribution in [1.82, 2.24) is 0 Å². The number of amides is 1. The van der Waals surface area contributed by atoms with Gasteiger partial charge in [0.25, 0.3) is 15.9 Å². The number of anilines is 2. The van der Waals surface area contributed by atoms with Crippen molar-refractivity contribution in [3.05, 3.63) is 81.8 Å². The van der Waals surface area contributed by atoms with E-state index in [1.165, 1.54) is 37.4 Å². The number of carbonyl (C=O) groups excluding carboxylic acids is 1. The van der Waals surface area contributed by atoms with Crippen molar-refractivity contribution in [2.75, 3.05) is 17.1 Å². The van der Waals surface area contributed by atoms with Gasteiger partial charge in [0.1, 0.15) is 5.75 Å². The summed E-state index contributed by atoms with van der Waals surface area (Å²) in [6.07, 6.45) is 0. The predicted molar refractivity (Wildman–Crippen MR) is 119 cm³/mol. The van der Waals surface area contributed by atoms with Crippen LogP contribution in [0.3, 0.4) is 0 Å². The molecule has 0 radical (unpaired) electrons. The summed E-state index contributed by atoms with van der Waals surface area (Å²) in [6, 6.07) is 15.5. The molecule has 0 saturated heterocycles. The molecule has 0 bridgehead atoms. The highest BCUT2D eigenvalue weighted by Gasteiger charge is 2.17. The topological polar surface area (TPSA) is 84.5 Å². The van der Waals surface area contributed by atoms with Gasteiger partial charge < -0.3 is 10.1 Å². The molecule has 3 aromatic carbocycles. The number of hydrogen-bond donors (Lipinski definition) is 2.